The number of halogens is 2. The molecule has 2 heterocycles. The molecule has 0 aliphatic carbocycles. The molecule has 0 unspecified atom stereocenters. The van der Waals surface area contributed by atoms with E-state index in [2.05, 4.69) is 15.4 Å². The van der Waals surface area contributed by atoms with Gasteiger partial charge in [0.2, 0.25) is 0 Å². The fraction of sp³-hybridized carbons (Fsp3) is 0. The molecule has 1 N–H and O–H groups in total. The maximum atomic E-state index is 14.2. The maximum Gasteiger partial charge on any atom is 0.259 e. The molecule has 0 fully saturated rings. The Morgan fingerprint density at radius 3 is 2.61 bits per heavy atom. The van der Waals surface area contributed by atoms with Crippen LogP contribution in [0.3, 0.4) is 0 Å². The predicted molar refractivity (Wildman–Crippen MR) is 106 cm³/mol. The molecule has 0 aliphatic rings. The van der Waals surface area contributed by atoms with E-state index in [1.54, 1.807) is 41.5 Å². The van der Waals surface area contributed by atoms with Gasteiger partial charge in [0.1, 0.15) is 5.69 Å². The van der Waals surface area contributed by atoms with Crippen molar-refractivity contribution in [2.45, 2.75) is 0 Å². The zero-order chi connectivity index (χ0) is 19.5. The summed E-state index contributed by atoms with van der Waals surface area (Å²) in [5.74, 6) is -1.18. The molecule has 2 aromatic heterocycles. The summed E-state index contributed by atoms with van der Waals surface area (Å²) >= 11 is 5.80. The SMILES string of the molecule is O=C(Nc1cccc(Cl)c1F)c1cn(-c2ccccc2)nc1-c1cccnc1. The summed E-state index contributed by atoms with van der Waals surface area (Å²) in [4.78, 5) is 17.0. The summed E-state index contributed by atoms with van der Waals surface area (Å²) in [5, 5.41) is 7.05. The molecule has 138 valence electrons. The van der Waals surface area contributed by atoms with Gasteiger partial charge < -0.3 is 5.32 Å². The van der Waals surface area contributed by atoms with Gasteiger partial charge in [-0.1, -0.05) is 35.9 Å². The first-order valence-corrected chi connectivity index (χ1v) is 8.82. The van der Waals surface area contributed by atoms with E-state index in [0.29, 0.717) is 11.3 Å². The summed E-state index contributed by atoms with van der Waals surface area (Å²) in [6, 6.07) is 17.4. The van der Waals surface area contributed by atoms with Gasteiger partial charge in [0, 0.05) is 24.2 Å². The van der Waals surface area contributed by atoms with Crippen molar-refractivity contribution in [1.29, 1.82) is 0 Å². The minimum Gasteiger partial charge on any atom is -0.319 e. The lowest BCUT2D eigenvalue weighted by Gasteiger charge is -2.07. The zero-order valence-corrected chi connectivity index (χ0v) is 15.3. The molecule has 4 rings (SSSR count). The van der Waals surface area contributed by atoms with E-state index in [0.717, 1.165) is 5.69 Å². The topological polar surface area (TPSA) is 59.8 Å². The third-order valence-electron chi connectivity index (χ3n) is 4.11. The van der Waals surface area contributed by atoms with E-state index in [4.69, 9.17) is 11.6 Å². The molecule has 5 nitrogen and oxygen atoms in total. The molecule has 2 aromatic carbocycles. The van der Waals surface area contributed by atoms with Crippen molar-refractivity contribution in [3.05, 3.63) is 95.7 Å². The molecule has 28 heavy (non-hydrogen) atoms. The lowest BCUT2D eigenvalue weighted by Crippen LogP contribution is -2.13. The standard InChI is InChI=1S/C21H14ClFN4O/c22-17-9-4-10-18(19(17)23)25-21(28)16-13-27(15-7-2-1-3-8-15)26-20(16)14-6-5-11-24-12-14/h1-13H,(H,25,28). The second kappa shape index (κ2) is 7.62. The van der Waals surface area contributed by atoms with Crippen LogP contribution in [0.1, 0.15) is 10.4 Å². The normalized spacial score (nSPS) is 10.6. The summed E-state index contributed by atoms with van der Waals surface area (Å²) in [7, 11) is 0. The minimum atomic E-state index is -0.684. The predicted octanol–water partition coefficient (Wildman–Crippen LogP) is 4.98. The number of pyridine rings is 1. The van der Waals surface area contributed by atoms with Crippen LogP contribution in [0.15, 0.2) is 79.3 Å². The van der Waals surface area contributed by atoms with Crippen LogP contribution in [0.5, 0.6) is 0 Å². The van der Waals surface area contributed by atoms with Gasteiger partial charge in [-0.2, -0.15) is 5.10 Å². The maximum absolute atomic E-state index is 14.2. The monoisotopic (exact) mass is 392 g/mol. The van der Waals surface area contributed by atoms with Crippen molar-refractivity contribution in [2.24, 2.45) is 0 Å². The van der Waals surface area contributed by atoms with Crippen molar-refractivity contribution in [1.82, 2.24) is 14.8 Å². The number of hydrogen-bond donors (Lipinski definition) is 1. The second-order valence-corrected chi connectivity index (χ2v) is 6.38. The van der Waals surface area contributed by atoms with Gasteiger partial charge in [0.15, 0.2) is 5.82 Å². The van der Waals surface area contributed by atoms with Gasteiger partial charge in [-0.15, -0.1) is 0 Å². The molecule has 0 saturated heterocycles. The van der Waals surface area contributed by atoms with Crippen LogP contribution >= 0.6 is 11.6 Å². The highest BCUT2D eigenvalue weighted by Gasteiger charge is 2.20. The number of hydrogen-bond acceptors (Lipinski definition) is 3. The van der Waals surface area contributed by atoms with Gasteiger partial charge in [0.25, 0.3) is 5.91 Å². The van der Waals surface area contributed by atoms with Crippen molar-refractivity contribution in [2.75, 3.05) is 5.32 Å². The number of aromatic nitrogens is 3. The van der Waals surface area contributed by atoms with E-state index in [1.165, 1.54) is 12.1 Å². The van der Waals surface area contributed by atoms with E-state index in [9.17, 15) is 9.18 Å². The molecule has 0 radical (unpaired) electrons. The van der Waals surface area contributed by atoms with E-state index in [-0.39, 0.29) is 16.3 Å². The van der Waals surface area contributed by atoms with Crippen molar-refractivity contribution < 1.29 is 9.18 Å². The Kier molecular flexibility index (Phi) is 4.87. The van der Waals surface area contributed by atoms with Crippen molar-refractivity contribution in [3.8, 4) is 16.9 Å². The van der Waals surface area contributed by atoms with Crippen LogP contribution < -0.4 is 5.32 Å². The van der Waals surface area contributed by atoms with Crippen LogP contribution in [-0.4, -0.2) is 20.7 Å². The summed E-state index contributed by atoms with van der Waals surface area (Å²) < 4.78 is 15.8. The van der Waals surface area contributed by atoms with E-state index in [1.807, 2.05) is 30.3 Å². The van der Waals surface area contributed by atoms with Gasteiger partial charge in [0.05, 0.1) is 22.0 Å². The molecule has 0 spiro atoms. The fourth-order valence-electron chi connectivity index (χ4n) is 2.76. The molecular weight excluding hydrogens is 379 g/mol. The zero-order valence-electron chi connectivity index (χ0n) is 14.5. The van der Waals surface area contributed by atoms with Crippen molar-refractivity contribution in [3.63, 3.8) is 0 Å². The number of carbonyl (C=O) groups is 1. The summed E-state index contributed by atoms with van der Waals surface area (Å²) in [5.41, 5.74) is 2.20. The molecule has 0 saturated carbocycles. The molecule has 4 aromatic rings. The Labute approximate surface area is 165 Å². The fourth-order valence-corrected chi connectivity index (χ4v) is 2.93. The average molecular weight is 393 g/mol. The lowest BCUT2D eigenvalue weighted by atomic mass is 10.1. The first-order valence-electron chi connectivity index (χ1n) is 8.44. The van der Waals surface area contributed by atoms with Gasteiger partial charge >= 0.3 is 0 Å². The molecule has 0 aliphatic heterocycles. The van der Waals surface area contributed by atoms with Crippen LogP contribution in [0, 0.1) is 5.82 Å². The van der Waals surface area contributed by atoms with E-state index >= 15 is 0 Å². The minimum absolute atomic E-state index is 0.00194. The highest BCUT2D eigenvalue weighted by atomic mass is 35.5. The average Bonchev–Trinajstić information content (AvgIpc) is 3.18. The Balaban J connectivity index is 1.77. The third-order valence-corrected chi connectivity index (χ3v) is 4.41. The number of nitrogens with zero attached hydrogens (tertiary/aromatic N) is 3. The van der Waals surface area contributed by atoms with Crippen molar-refractivity contribution >= 4 is 23.2 Å². The van der Waals surface area contributed by atoms with Crippen LogP contribution in [0.25, 0.3) is 16.9 Å². The largest absolute Gasteiger partial charge is 0.319 e. The van der Waals surface area contributed by atoms with E-state index < -0.39 is 11.7 Å². The smallest absolute Gasteiger partial charge is 0.259 e. The Hall–Kier alpha value is -3.51. The Morgan fingerprint density at radius 1 is 1.04 bits per heavy atom. The summed E-state index contributed by atoms with van der Waals surface area (Å²) in [6.07, 6.45) is 4.86. The number of para-hydroxylation sites is 1. The highest BCUT2D eigenvalue weighted by molar-refractivity contribution is 6.31. The summed E-state index contributed by atoms with van der Waals surface area (Å²) in [6.45, 7) is 0. The molecule has 1 amide bonds. The molecule has 7 heteroatoms. The Morgan fingerprint density at radius 2 is 1.86 bits per heavy atom. The number of anilines is 1. The first-order chi connectivity index (χ1) is 13.6. The van der Waals surface area contributed by atoms with Crippen LogP contribution in [0.2, 0.25) is 5.02 Å². The van der Waals surface area contributed by atoms with Crippen LogP contribution in [-0.2, 0) is 0 Å². The Bertz CT molecular complexity index is 1130. The van der Waals surface area contributed by atoms with Crippen LogP contribution in [0.4, 0.5) is 10.1 Å². The first kappa shape index (κ1) is 17.9. The number of rotatable bonds is 4. The third kappa shape index (κ3) is 3.50. The quantitative estimate of drug-likeness (QED) is 0.533. The number of carbonyl (C=O) groups excluding carboxylic acids is 1. The van der Waals surface area contributed by atoms with Gasteiger partial charge in [-0.3, -0.25) is 9.78 Å². The van der Waals surface area contributed by atoms with Gasteiger partial charge in [-0.25, -0.2) is 9.07 Å². The molecular formula is C21H14ClFN4O. The number of benzene rings is 2. The molecule has 0 atom stereocenters. The highest BCUT2D eigenvalue weighted by Crippen LogP contribution is 2.26. The number of amides is 1. The second-order valence-electron chi connectivity index (χ2n) is 5.97. The van der Waals surface area contributed by atoms with Gasteiger partial charge in [-0.05, 0) is 36.4 Å². The number of nitrogens with one attached hydrogen (secondary N) is 1. The lowest BCUT2D eigenvalue weighted by molar-refractivity contribution is 0.102. The molecule has 0 bridgehead atoms.